The molecule has 2 aromatic rings. The Morgan fingerprint density at radius 3 is 2.23 bits per heavy atom. The van der Waals surface area contributed by atoms with Gasteiger partial charge in [0.05, 0.1) is 17.9 Å². The molecule has 0 radical (unpaired) electrons. The number of nitrogens with one attached hydrogen (secondary N) is 2. The van der Waals surface area contributed by atoms with E-state index in [2.05, 4.69) is 10.6 Å². The van der Waals surface area contributed by atoms with Crippen molar-refractivity contribution in [2.24, 2.45) is 0 Å². The Morgan fingerprint density at radius 1 is 0.955 bits per heavy atom. The number of esters is 1. The number of benzene rings is 2. The van der Waals surface area contributed by atoms with Crippen molar-refractivity contribution in [3.8, 4) is 0 Å². The number of anilines is 2. The lowest BCUT2D eigenvalue weighted by Gasteiger charge is -2.12. The fraction of sp³-hybridized carbons (Fsp3) is 0.176. The van der Waals surface area contributed by atoms with Gasteiger partial charge in [0, 0.05) is 5.69 Å². The van der Waals surface area contributed by atoms with Gasteiger partial charge < -0.3 is 15.4 Å². The van der Waals surface area contributed by atoms with Gasteiger partial charge >= 0.3 is 12.0 Å². The normalized spacial score (nSPS) is 9.91. The van der Waals surface area contributed by atoms with Gasteiger partial charge in [-0.15, -0.1) is 0 Å². The third kappa shape index (κ3) is 3.85. The first-order valence-corrected chi connectivity index (χ1v) is 7.01. The molecule has 5 nitrogen and oxygen atoms in total. The lowest BCUT2D eigenvalue weighted by atomic mass is 10.2. The minimum absolute atomic E-state index is 0.280. The Kier molecular flexibility index (Phi) is 5.14. The molecule has 114 valence electrons. The van der Waals surface area contributed by atoms with Crippen molar-refractivity contribution in [1.29, 1.82) is 0 Å². The molecule has 0 spiro atoms. The van der Waals surface area contributed by atoms with Crippen LogP contribution >= 0.6 is 0 Å². The van der Waals surface area contributed by atoms with Crippen molar-refractivity contribution in [1.82, 2.24) is 0 Å². The quantitative estimate of drug-likeness (QED) is 0.843. The van der Waals surface area contributed by atoms with E-state index < -0.39 is 12.0 Å². The Bertz CT molecular complexity index is 683. The van der Waals surface area contributed by atoms with Crippen LogP contribution in [0.25, 0.3) is 0 Å². The summed E-state index contributed by atoms with van der Waals surface area (Å²) in [6, 6.07) is 13.8. The average Bonchev–Trinajstić information content (AvgIpc) is 2.50. The van der Waals surface area contributed by atoms with Crippen LogP contribution in [0.3, 0.4) is 0 Å². The van der Waals surface area contributed by atoms with Crippen molar-refractivity contribution in [2.75, 3.05) is 17.2 Å². The van der Waals surface area contributed by atoms with Gasteiger partial charge in [-0.25, -0.2) is 9.59 Å². The van der Waals surface area contributed by atoms with E-state index in [-0.39, 0.29) is 6.61 Å². The van der Waals surface area contributed by atoms with Crippen LogP contribution in [0, 0.1) is 6.92 Å². The monoisotopic (exact) mass is 298 g/mol. The number of carbonyl (C=O) groups is 2. The maximum atomic E-state index is 12.1. The number of rotatable bonds is 4. The maximum Gasteiger partial charge on any atom is 0.340 e. The van der Waals surface area contributed by atoms with Gasteiger partial charge in [0.2, 0.25) is 0 Å². The standard InChI is InChI=1S/C17H18N2O3/c1-3-22-16(20)13-9-5-7-11-15(13)19-17(21)18-14-10-6-4-8-12(14)2/h4-11H,3H2,1-2H3,(H2,18,19,21). The zero-order chi connectivity index (χ0) is 15.9. The molecule has 0 aromatic heterocycles. The summed E-state index contributed by atoms with van der Waals surface area (Å²) in [5, 5.41) is 5.43. The number of hydrogen-bond donors (Lipinski definition) is 2. The van der Waals surface area contributed by atoms with Crippen LogP contribution in [0.5, 0.6) is 0 Å². The van der Waals surface area contributed by atoms with Gasteiger partial charge in [0.25, 0.3) is 0 Å². The second kappa shape index (κ2) is 7.26. The molecule has 0 bridgehead atoms. The molecule has 0 heterocycles. The zero-order valence-corrected chi connectivity index (χ0v) is 12.6. The van der Waals surface area contributed by atoms with Gasteiger partial charge in [-0.3, -0.25) is 0 Å². The third-order valence-corrected chi connectivity index (χ3v) is 3.06. The van der Waals surface area contributed by atoms with Gasteiger partial charge in [-0.05, 0) is 37.6 Å². The summed E-state index contributed by atoms with van der Waals surface area (Å²) in [5.41, 5.74) is 2.40. The average molecular weight is 298 g/mol. The topological polar surface area (TPSA) is 67.4 Å². The Balaban J connectivity index is 2.12. The third-order valence-electron chi connectivity index (χ3n) is 3.06. The summed E-state index contributed by atoms with van der Waals surface area (Å²) < 4.78 is 4.98. The molecule has 22 heavy (non-hydrogen) atoms. The molecule has 5 heteroatoms. The van der Waals surface area contributed by atoms with E-state index >= 15 is 0 Å². The summed E-state index contributed by atoms with van der Waals surface area (Å²) in [6.45, 7) is 3.92. The van der Waals surface area contributed by atoms with Crippen LogP contribution in [-0.4, -0.2) is 18.6 Å². The lowest BCUT2D eigenvalue weighted by molar-refractivity contribution is 0.0527. The molecule has 0 fully saturated rings. The summed E-state index contributed by atoms with van der Waals surface area (Å²) in [6.07, 6.45) is 0. The zero-order valence-electron chi connectivity index (χ0n) is 12.6. The molecule has 0 atom stereocenters. The summed E-state index contributed by atoms with van der Waals surface area (Å²) in [7, 11) is 0. The smallest absolute Gasteiger partial charge is 0.340 e. The van der Waals surface area contributed by atoms with Gasteiger partial charge in [0.1, 0.15) is 0 Å². The summed E-state index contributed by atoms with van der Waals surface area (Å²) in [4.78, 5) is 24.0. The molecule has 0 unspecified atom stereocenters. The van der Waals surface area contributed by atoms with Crippen molar-refractivity contribution >= 4 is 23.4 Å². The second-order valence-corrected chi connectivity index (χ2v) is 4.66. The van der Waals surface area contributed by atoms with Gasteiger partial charge in [-0.2, -0.15) is 0 Å². The Hall–Kier alpha value is -2.82. The van der Waals surface area contributed by atoms with Crippen molar-refractivity contribution in [2.45, 2.75) is 13.8 Å². The number of aryl methyl sites for hydroxylation is 1. The molecule has 2 amide bonds. The molecular formula is C17H18N2O3. The van der Waals surface area contributed by atoms with Crippen molar-refractivity contribution in [3.05, 3.63) is 59.7 Å². The largest absolute Gasteiger partial charge is 0.462 e. The molecule has 2 rings (SSSR count). The summed E-state index contributed by atoms with van der Waals surface area (Å²) >= 11 is 0. The first kappa shape index (κ1) is 15.6. The van der Waals surface area contributed by atoms with Crippen LogP contribution in [-0.2, 0) is 4.74 Å². The predicted octanol–water partition coefficient (Wildman–Crippen LogP) is 3.82. The SMILES string of the molecule is CCOC(=O)c1ccccc1NC(=O)Nc1ccccc1C. The van der Waals surface area contributed by atoms with Crippen molar-refractivity contribution in [3.63, 3.8) is 0 Å². The van der Waals surface area contributed by atoms with E-state index in [1.807, 2.05) is 31.2 Å². The minimum atomic E-state index is -0.464. The first-order chi connectivity index (χ1) is 10.6. The van der Waals surface area contributed by atoms with Crippen molar-refractivity contribution < 1.29 is 14.3 Å². The molecule has 0 aliphatic rings. The fourth-order valence-electron chi connectivity index (χ4n) is 1.97. The molecule has 2 aromatic carbocycles. The number of amides is 2. The van der Waals surface area contributed by atoms with Crippen LogP contribution in [0.1, 0.15) is 22.8 Å². The van der Waals surface area contributed by atoms with E-state index in [0.717, 1.165) is 5.56 Å². The second-order valence-electron chi connectivity index (χ2n) is 4.66. The highest BCUT2D eigenvalue weighted by atomic mass is 16.5. The van der Waals surface area contributed by atoms with E-state index in [4.69, 9.17) is 4.74 Å². The minimum Gasteiger partial charge on any atom is -0.462 e. The van der Waals surface area contributed by atoms with Crippen LogP contribution in [0.15, 0.2) is 48.5 Å². The number of hydrogen-bond acceptors (Lipinski definition) is 3. The van der Waals surface area contributed by atoms with Crippen LogP contribution in [0.2, 0.25) is 0 Å². The molecule has 0 saturated carbocycles. The fourth-order valence-corrected chi connectivity index (χ4v) is 1.97. The van der Waals surface area contributed by atoms with E-state index in [9.17, 15) is 9.59 Å². The first-order valence-electron chi connectivity index (χ1n) is 7.01. The van der Waals surface area contributed by atoms with Gasteiger partial charge in [0.15, 0.2) is 0 Å². The number of ether oxygens (including phenoxy) is 1. The van der Waals surface area contributed by atoms with Gasteiger partial charge in [-0.1, -0.05) is 30.3 Å². The van der Waals surface area contributed by atoms with E-state index in [1.54, 1.807) is 31.2 Å². The number of para-hydroxylation sites is 2. The molecule has 0 aliphatic heterocycles. The van der Waals surface area contributed by atoms with E-state index in [0.29, 0.717) is 16.9 Å². The van der Waals surface area contributed by atoms with E-state index in [1.165, 1.54) is 0 Å². The number of urea groups is 1. The predicted molar refractivity (Wildman–Crippen MR) is 86.2 cm³/mol. The highest BCUT2D eigenvalue weighted by Crippen LogP contribution is 2.18. The highest BCUT2D eigenvalue weighted by molar-refractivity contribution is 6.05. The lowest BCUT2D eigenvalue weighted by Crippen LogP contribution is -2.21. The molecule has 0 aliphatic carbocycles. The maximum absolute atomic E-state index is 12.1. The van der Waals surface area contributed by atoms with Crippen LogP contribution < -0.4 is 10.6 Å². The molecule has 2 N–H and O–H groups in total. The Labute approximate surface area is 129 Å². The Morgan fingerprint density at radius 2 is 1.55 bits per heavy atom. The summed E-state index contributed by atoms with van der Waals surface area (Å²) in [5.74, 6) is -0.464. The molecular weight excluding hydrogens is 280 g/mol. The molecule has 0 saturated heterocycles. The highest BCUT2D eigenvalue weighted by Gasteiger charge is 2.14. The van der Waals surface area contributed by atoms with Crippen LogP contribution in [0.4, 0.5) is 16.2 Å². The number of carbonyl (C=O) groups excluding carboxylic acids is 2.